The Hall–Kier alpha value is -1.84. The summed E-state index contributed by atoms with van der Waals surface area (Å²) >= 11 is 0. The lowest BCUT2D eigenvalue weighted by atomic mass is 9.94. The fourth-order valence-electron chi connectivity index (χ4n) is 2.95. The Morgan fingerprint density at radius 1 is 0.433 bits per heavy atom. The van der Waals surface area contributed by atoms with E-state index in [1.54, 1.807) is 0 Å². The van der Waals surface area contributed by atoms with E-state index in [1.165, 1.54) is 38.8 Å². The molecule has 0 radical (unpaired) electrons. The number of benzene rings is 2. The van der Waals surface area contributed by atoms with Crippen molar-refractivity contribution in [1.29, 1.82) is 0 Å². The topological polar surface area (TPSA) is 0 Å². The van der Waals surface area contributed by atoms with Gasteiger partial charge >= 0.3 is 0 Å². The van der Waals surface area contributed by atoms with Gasteiger partial charge in [-0.2, -0.15) is 0 Å². The Labute approximate surface area is 181 Å². The molecule has 0 bridgehead atoms. The third kappa shape index (κ3) is 7.14. The van der Waals surface area contributed by atoms with Crippen molar-refractivity contribution in [2.75, 3.05) is 0 Å². The largest absolute Gasteiger partial charge is 0.203 e. The molecule has 0 fully saturated rings. The lowest BCUT2D eigenvalue weighted by Crippen LogP contribution is -2.10. The minimum Gasteiger partial charge on any atom is -0.203 e. The summed E-state index contributed by atoms with van der Waals surface area (Å²) < 4.78 is 54.1. The zero-order chi connectivity index (χ0) is 21.8. The van der Waals surface area contributed by atoms with E-state index in [-0.39, 0.29) is 14.9 Å². The van der Waals surface area contributed by atoms with Gasteiger partial charge in [-0.1, -0.05) is 94.5 Å². The minimum absolute atomic E-state index is 0. The summed E-state index contributed by atoms with van der Waals surface area (Å²) in [6, 6.07) is 8.94. The summed E-state index contributed by atoms with van der Waals surface area (Å²) in [6.45, 7) is 14.8. The van der Waals surface area contributed by atoms with E-state index in [0.29, 0.717) is 11.8 Å². The maximum atomic E-state index is 13.5. The lowest BCUT2D eigenvalue weighted by molar-refractivity contribution is 0.414. The molecule has 4 heteroatoms. The maximum Gasteiger partial charge on any atom is 0.165 e. The van der Waals surface area contributed by atoms with Gasteiger partial charge in [-0.05, 0) is 34.8 Å². The van der Waals surface area contributed by atoms with Crippen LogP contribution in [0.25, 0.3) is 0 Å². The Morgan fingerprint density at radius 2 is 0.633 bits per heavy atom. The average molecular weight is 429 g/mol. The first-order valence-electron chi connectivity index (χ1n) is 9.85. The molecule has 0 N–H and O–H groups in total. The minimum atomic E-state index is -1.28. The average Bonchev–Trinajstić information content (AvgIpc) is 2.60. The van der Waals surface area contributed by atoms with Gasteiger partial charge in [-0.15, -0.1) is 0 Å². The van der Waals surface area contributed by atoms with E-state index in [2.05, 4.69) is 52.0 Å². The van der Waals surface area contributed by atoms with Crippen molar-refractivity contribution < 1.29 is 17.6 Å². The predicted octanol–water partition coefficient (Wildman–Crippen LogP) is 9.70. The van der Waals surface area contributed by atoms with Gasteiger partial charge in [0, 0.05) is 11.1 Å². The van der Waals surface area contributed by atoms with Gasteiger partial charge in [-0.3, -0.25) is 0 Å². The van der Waals surface area contributed by atoms with Crippen LogP contribution in [0, 0.1) is 23.3 Å². The van der Waals surface area contributed by atoms with Crippen molar-refractivity contribution in [3.8, 4) is 0 Å². The normalized spacial score (nSPS) is 10.7. The Bertz CT molecular complexity index is 678. The third-order valence-electron chi connectivity index (χ3n) is 4.76. The highest BCUT2D eigenvalue weighted by molar-refractivity contribution is 5.33. The molecule has 0 spiro atoms. The molecule has 0 heterocycles. The van der Waals surface area contributed by atoms with Crippen LogP contribution < -0.4 is 0 Å². The first kappa shape index (κ1) is 30.4. The van der Waals surface area contributed by atoms with Crippen molar-refractivity contribution in [3.05, 3.63) is 69.8 Å². The van der Waals surface area contributed by atoms with E-state index in [0.717, 1.165) is 0 Å². The molecule has 2 rings (SSSR count). The second-order valence-electron chi connectivity index (χ2n) is 8.37. The Balaban J connectivity index is 0. The van der Waals surface area contributed by atoms with Crippen LogP contribution in [0.3, 0.4) is 0 Å². The van der Waals surface area contributed by atoms with E-state index in [9.17, 15) is 17.6 Å². The van der Waals surface area contributed by atoms with E-state index in [4.69, 9.17) is 0 Å². The molecule has 0 atom stereocenters. The second-order valence-corrected chi connectivity index (χ2v) is 8.37. The van der Waals surface area contributed by atoms with Crippen molar-refractivity contribution in [3.63, 3.8) is 0 Å². The smallest absolute Gasteiger partial charge is 0.165 e. The molecular weight excluding hydrogens is 388 g/mol. The Morgan fingerprint density at radius 3 is 0.767 bits per heavy atom. The summed E-state index contributed by atoms with van der Waals surface area (Å²) in [5.41, 5.74) is 1.80. The molecule has 0 aliphatic heterocycles. The summed E-state index contributed by atoms with van der Waals surface area (Å²) in [6.07, 6.45) is 0. The molecule has 0 aliphatic carbocycles. The Kier molecular flexibility index (Phi) is 12.9. The van der Waals surface area contributed by atoms with Gasteiger partial charge in [0.25, 0.3) is 0 Å². The van der Waals surface area contributed by atoms with Crippen LogP contribution in [0.2, 0.25) is 0 Å². The van der Waals surface area contributed by atoms with E-state index >= 15 is 0 Å². The zero-order valence-corrected chi connectivity index (χ0v) is 18.1. The number of hydrogen-bond acceptors (Lipinski definition) is 0. The third-order valence-corrected chi connectivity index (χ3v) is 4.76. The molecule has 0 saturated carbocycles. The van der Waals surface area contributed by atoms with E-state index < -0.39 is 46.2 Å². The van der Waals surface area contributed by atoms with Gasteiger partial charge in [0.1, 0.15) is 0 Å². The van der Waals surface area contributed by atoms with Crippen molar-refractivity contribution in [2.45, 2.75) is 93.9 Å². The van der Waals surface area contributed by atoms with Gasteiger partial charge in [0.2, 0.25) is 0 Å². The molecule has 0 nitrogen and oxygen atoms in total. The van der Waals surface area contributed by atoms with Crippen LogP contribution >= 0.6 is 0 Å². The van der Waals surface area contributed by atoms with Crippen LogP contribution in [-0.4, -0.2) is 0 Å². The molecule has 2 aromatic carbocycles. The van der Waals surface area contributed by atoms with Gasteiger partial charge in [0.15, 0.2) is 23.3 Å². The van der Waals surface area contributed by atoms with Crippen molar-refractivity contribution in [2.24, 2.45) is 0 Å². The van der Waals surface area contributed by atoms with Gasteiger partial charge in [0.05, 0.1) is 0 Å². The number of halogens is 4. The van der Waals surface area contributed by atoms with Crippen LogP contribution in [0.1, 0.15) is 116 Å². The lowest BCUT2D eigenvalue weighted by Gasteiger charge is -2.15. The molecule has 30 heavy (non-hydrogen) atoms. The predicted molar refractivity (Wildman–Crippen MR) is 123 cm³/mol. The number of rotatable bonds is 4. The van der Waals surface area contributed by atoms with Crippen molar-refractivity contribution >= 4 is 0 Å². The number of hydrogen-bond donors (Lipinski definition) is 0. The standard InChI is InChI=1S/C12H14F4.C12H18.2CH4/c1-5(2)7-9(13)11(15)8(6(3)4)12(16)10(7)14;1-9(2)11-5-7-12(8-6-11)10(3)4;;/h5-6H,1-4H3;5-10H,1-4H3;2*1H4. The second kappa shape index (κ2) is 12.8. The molecule has 2 aromatic rings. The van der Waals surface area contributed by atoms with Crippen LogP contribution in [0.4, 0.5) is 17.6 Å². The zero-order valence-electron chi connectivity index (χ0n) is 18.1. The molecule has 0 unspecified atom stereocenters. The van der Waals surface area contributed by atoms with Crippen molar-refractivity contribution in [1.82, 2.24) is 0 Å². The summed E-state index contributed by atoms with van der Waals surface area (Å²) in [4.78, 5) is 0. The first-order chi connectivity index (χ1) is 12.9. The summed E-state index contributed by atoms with van der Waals surface area (Å²) in [7, 11) is 0. The fraction of sp³-hybridized carbons (Fsp3) is 0.538. The molecule has 0 aromatic heterocycles. The quantitative estimate of drug-likeness (QED) is 0.336. The molecular formula is C26H40F4. The van der Waals surface area contributed by atoms with Crippen LogP contribution in [0.15, 0.2) is 24.3 Å². The van der Waals surface area contributed by atoms with Gasteiger partial charge in [-0.25, -0.2) is 17.6 Å². The monoisotopic (exact) mass is 428 g/mol. The van der Waals surface area contributed by atoms with Crippen LogP contribution in [-0.2, 0) is 0 Å². The highest BCUT2D eigenvalue weighted by Crippen LogP contribution is 2.32. The molecule has 172 valence electrons. The highest BCUT2D eigenvalue weighted by atomic mass is 19.2. The van der Waals surface area contributed by atoms with Crippen LogP contribution in [0.5, 0.6) is 0 Å². The summed E-state index contributed by atoms with van der Waals surface area (Å²) in [5, 5.41) is 0. The first-order valence-corrected chi connectivity index (χ1v) is 9.85. The maximum absolute atomic E-state index is 13.5. The van der Waals surface area contributed by atoms with Gasteiger partial charge < -0.3 is 0 Å². The summed E-state index contributed by atoms with van der Waals surface area (Å²) in [5.74, 6) is -5.04. The fourth-order valence-corrected chi connectivity index (χ4v) is 2.95. The highest BCUT2D eigenvalue weighted by Gasteiger charge is 2.27. The molecule has 0 amide bonds. The van der Waals surface area contributed by atoms with E-state index in [1.807, 2.05) is 0 Å². The SMILES string of the molecule is C.C.CC(C)c1c(F)c(F)c(C(C)C)c(F)c1F.CC(C)c1ccc(C(C)C)cc1. The molecule has 0 saturated heterocycles. The molecule has 0 aliphatic rings.